The highest BCUT2D eigenvalue weighted by atomic mass is 32.2. The van der Waals surface area contributed by atoms with Crippen LogP contribution in [0.2, 0.25) is 0 Å². The number of nitrogens with zero attached hydrogens (tertiary/aromatic N) is 1. The summed E-state index contributed by atoms with van der Waals surface area (Å²) in [5.41, 5.74) is 4.02. The number of carbonyl (C=O) groups excluding carboxylic acids is 1. The molecule has 1 aromatic carbocycles. The Morgan fingerprint density at radius 1 is 1.37 bits per heavy atom. The normalized spacial score (nSPS) is 25.5. The molecule has 0 unspecified atom stereocenters. The summed E-state index contributed by atoms with van der Waals surface area (Å²) < 4.78 is 35.0. The maximum Gasteiger partial charge on any atom is 0.312 e. The van der Waals surface area contributed by atoms with Gasteiger partial charge < -0.3 is 10.5 Å². The number of thioether (sulfide) groups is 1. The van der Waals surface area contributed by atoms with Crippen molar-refractivity contribution in [2.24, 2.45) is 10.9 Å². The van der Waals surface area contributed by atoms with Gasteiger partial charge in [0.05, 0.1) is 28.3 Å². The molecular weight excluding hydrogens is 370 g/mol. The van der Waals surface area contributed by atoms with E-state index in [9.17, 15) is 13.6 Å². The average molecular weight is 397 g/mol. The van der Waals surface area contributed by atoms with E-state index in [1.165, 1.54) is 23.9 Å². The van der Waals surface area contributed by atoms with Crippen molar-refractivity contribution in [1.82, 2.24) is 0 Å². The minimum atomic E-state index is -0.996. The van der Waals surface area contributed by atoms with E-state index in [-0.39, 0.29) is 29.6 Å². The van der Waals surface area contributed by atoms with Gasteiger partial charge in [0.2, 0.25) is 0 Å². The molecule has 27 heavy (non-hydrogen) atoms. The molecule has 0 amide bonds. The maximum absolute atomic E-state index is 14.9. The van der Waals surface area contributed by atoms with Crippen LogP contribution in [0.1, 0.15) is 58.4 Å². The molecule has 1 fully saturated rings. The van der Waals surface area contributed by atoms with Gasteiger partial charge in [0.25, 0.3) is 0 Å². The second kappa shape index (κ2) is 7.41. The molecule has 0 radical (unpaired) electrons. The molecule has 3 rings (SSSR count). The van der Waals surface area contributed by atoms with Crippen LogP contribution in [-0.2, 0) is 15.1 Å². The summed E-state index contributed by atoms with van der Waals surface area (Å²) in [6.07, 6.45) is 3.26. The Hall–Kier alpha value is -1.63. The van der Waals surface area contributed by atoms with E-state index in [0.717, 1.165) is 19.3 Å². The second-order valence-corrected chi connectivity index (χ2v) is 9.37. The number of benzene rings is 1. The molecule has 1 aliphatic heterocycles. The van der Waals surface area contributed by atoms with Gasteiger partial charge in [-0.15, -0.1) is 11.8 Å². The third-order valence-corrected chi connectivity index (χ3v) is 6.22. The number of aliphatic imine (C=N–C) groups is 1. The summed E-state index contributed by atoms with van der Waals surface area (Å²) in [5.74, 6) is -1.04. The van der Waals surface area contributed by atoms with Gasteiger partial charge in [-0.2, -0.15) is 0 Å². The highest BCUT2D eigenvalue weighted by Gasteiger charge is 2.48. The largest absolute Gasteiger partial charge is 0.460 e. The smallest absolute Gasteiger partial charge is 0.312 e. The lowest BCUT2D eigenvalue weighted by molar-refractivity contribution is -0.153. The van der Waals surface area contributed by atoms with E-state index >= 15 is 0 Å². The van der Waals surface area contributed by atoms with Gasteiger partial charge in [-0.25, -0.2) is 8.78 Å². The Morgan fingerprint density at radius 2 is 2.11 bits per heavy atom. The van der Waals surface area contributed by atoms with E-state index in [0.29, 0.717) is 17.2 Å². The van der Waals surface area contributed by atoms with Crippen molar-refractivity contribution in [2.45, 2.75) is 64.0 Å². The fraction of sp³-hybridized carbons (Fsp3) is 0.600. The number of esters is 1. The van der Waals surface area contributed by atoms with Gasteiger partial charge in [0.15, 0.2) is 5.82 Å². The van der Waals surface area contributed by atoms with E-state index < -0.39 is 22.8 Å². The van der Waals surface area contributed by atoms with Gasteiger partial charge in [-0.1, -0.05) is 12.8 Å². The summed E-state index contributed by atoms with van der Waals surface area (Å²) >= 11 is 1.49. The number of fused-ring (bicyclic) bond motifs is 1. The first-order chi connectivity index (χ1) is 12.6. The predicted octanol–water partition coefficient (Wildman–Crippen LogP) is 4.81. The van der Waals surface area contributed by atoms with Crippen molar-refractivity contribution in [3.8, 4) is 0 Å². The Bertz CT molecular complexity index is 776. The lowest BCUT2D eigenvalue weighted by atomic mass is 9.69. The third kappa shape index (κ3) is 4.13. The van der Waals surface area contributed by atoms with E-state index in [1.807, 2.05) is 0 Å². The number of rotatable bonds is 3. The Balaban J connectivity index is 2.01. The Morgan fingerprint density at radius 3 is 2.81 bits per heavy atom. The van der Waals surface area contributed by atoms with Crippen LogP contribution in [0.5, 0.6) is 0 Å². The van der Waals surface area contributed by atoms with Crippen molar-refractivity contribution >= 4 is 28.5 Å². The first-order valence-corrected chi connectivity index (χ1v) is 10.3. The van der Waals surface area contributed by atoms with Crippen LogP contribution in [0.3, 0.4) is 0 Å². The second-order valence-electron chi connectivity index (χ2n) is 8.27. The van der Waals surface area contributed by atoms with E-state index in [2.05, 4.69) is 0 Å². The van der Waals surface area contributed by atoms with Crippen molar-refractivity contribution < 1.29 is 18.3 Å². The molecule has 0 aromatic heterocycles. The number of anilines is 1. The van der Waals surface area contributed by atoms with E-state index in [1.54, 1.807) is 20.8 Å². The Labute approximate surface area is 162 Å². The number of halogens is 2. The summed E-state index contributed by atoms with van der Waals surface area (Å²) in [6, 6.07) is 2.45. The van der Waals surface area contributed by atoms with Crippen LogP contribution < -0.4 is 5.73 Å². The van der Waals surface area contributed by atoms with Crippen LogP contribution in [0.15, 0.2) is 17.1 Å². The predicted molar refractivity (Wildman–Crippen MR) is 105 cm³/mol. The zero-order chi connectivity index (χ0) is 19.8. The molecule has 1 heterocycles. The van der Waals surface area contributed by atoms with Crippen molar-refractivity contribution in [1.29, 1.82) is 0 Å². The van der Waals surface area contributed by atoms with Crippen LogP contribution in [0.25, 0.3) is 0 Å². The number of hydrogen-bond donors (Lipinski definition) is 1. The monoisotopic (exact) mass is 396 g/mol. The summed E-state index contributed by atoms with van der Waals surface area (Å²) in [5, 5.41) is 0.573. The molecule has 4 nitrogen and oxygen atoms in total. The molecule has 0 bridgehead atoms. The third-order valence-electron chi connectivity index (χ3n) is 5.08. The molecule has 2 atom stereocenters. The number of ether oxygens (including phenoxy) is 1. The van der Waals surface area contributed by atoms with Crippen LogP contribution in [0, 0.1) is 17.6 Å². The number of nitrogens with two attached hydrogens (primary N) is 1. The molecular formula is C20H26F2N2O2S. The van der Waals surface area contributed by atoms with Gasteiger partial charge >= 0.3 is 5.97 Å². The van der Waals surface area contributed by atoms with Crippen LogP contribution in [-0.4, -0.2) is 22.4 Å². The minimum Gasteiger partial charge on any atom is -0.460 e. The van der Waals surface area contributed by atoms with E-state index in [4.69, 9.17) is 15.5 Å². The van der Waals surface area contributed by atoms with Gasteiger partial charge in [-0.05, 0) is 51.7 Å². The zero-order valence-electron chi connectivity index (χ0n) is 16.0. The molecule has 0 saturated heterocycles. The SMILES string of the molecule is CC(C)(C)OC(=O)CC1=N[C@@]2(c3c(F)ccc(N)c3F)CCCC[C@H]2CS1. The lowest BCUT2D eigenvalue weighted by Crippen LogP contribution is -2.43. The minimum absolute atomic E-state index is 0.0158. The Kier molecular flexibility index (Phi) is 5.52. The highest BCUT2D eigenvalue weighted by molar-refractivity contribution is 8.14. The molecule has 2 aliphatic rings. The first-order valence-electron chi connectivity index (χ1n) is 9.30. The molecule has 1 aromatic rings. The first kappa shape index (κ1) is 20.1. The highest BCUT2D eigenvalue weighted by Crippen LogP contribution is 2.51. The van der Waals surface area contributed by atoms with Gasteiger partial charge in [0, 0.05) is 5.75 Å². The molecule has 148 valence electrons. The fourth-order valence-corrected chi connectivity index (χ4v) is 5.27. The standard InChI is InChI=1S/C20H26F2N2O2S/c1-19(2,3)26-16(25)10-15-24-20(9-5-4-6-12(20)11-27-15)17-13(21)7-8-14(23)18(17)22/h7-8,12H,4-6,9-11,23H2,1-3H3/t12-,20-/m0/s1. The van der Waals surface area contributed by atoms with Crippen LogP contribution >= 0.6 is 11.8 Å². The molecule has 1 saturated carbocycles. The molecule has 2 N–H and O–H groups in total. The summed E-state index contributed by atoms with van der Waals surface area (Å²) in [7, 11) is 0. The summed E-state index contributed by atoms with van der Waals surface area (Å²) in [4.78, 5) is 17.0. The topological polar surface area (TPSA) is 64.7 Å². The number of carbonyl (C=O) groups is 1. The quantitative estimate of drug-likeness (QED) is 0.588. The average Bonchev–Trinajstić information content (AvgIpc) is 2.56. The molecule has 1 aliphatic carbocycles. The van der Waals surface area contributed by atoms with Gasteiger partial charge in [0.1, 0.15) is 11.4 Å². The lowest BCUT2D eigenvalue weighted by Gasteiger charge is -2.45. The van der Waals surface area contributed by atoms with Crippen molar-refractivity contribution in [3.63, 3.8) is 0 Å². The number of nitrogen functional groups attached to an aromatic ring is 1. The molecule has 7 heteroatoms. The van der Waals surface area contributed by atoms with Crippen molar-refractivity contribution in [2.75, 3.05) is 11.5 Å². The van der Waals surface area contributed by atoms with Gasteiger partial charge in [-0.3, -0.25) is 9.79 Å². The van der Waals surface area contributed by atoms with Crippen molar-refractivity contribution in [3.05, 3.63) is 29.3 Å². The zero-order valence-corrected chi connectivity index (χ0v) is 16.8. The fourth-order valence-electron chi connectivity index (χ4n) is 3.99. The maximum atomic E-state index is 14.9. The van der Waals surface area contributed by atoms with Crippen LogP contribution in [0.4, 0.5) is 14.5 Å². The number of hydrogen-bond acceptors (Lipinski definition) is 5. The molecule has 0 spiro atoms. The summed E-state index contributed by atoms with van der Waals surface area (Å²) in [6.45, 7) is 5.41.